The van der Waals surface area contributed by atoms with E-state index in [0.29, 0.717) is 19.7 Å². The number of nitrogens with one attached hydrogen (secondary N) is 2. The van der Waals surface area contributed by atoms with Gasteiger partial charge in [0.15, 0.2) is 0 Å². The molecule has 21 heavy (non-hydrogen) atoms. The largest absolute Gasteiger partial charge is 0.371 e. The first-order chi connectivity index (χ1) is 10.1. The molecule has 1 saturated heterocycles. The van der Waals surface area contributed by atoms with E-state index >= 15 is 0 Å². The monoisotopic (exact) mass is 295 g/mol. The molecule has 1 aromatic carbocycles. The first-order valence-electron chi connectivity index (χ1n) is 6.69. The molecule has 0 bridgehead atoms. The second kappa shape index (κ2) is 7.14. The van der Waals surface area contributed by atoms with Gasteiger partial charge in [-0.1, -0.05) is 12.1 Å². The third-order valence-electron chi connectivity index (χ3n) is 3.22. The van der Waals surface area contributed by atoms with E-state index in [0.717, 1.165) is 5.56 Å². The Kier molecular flexibility index (Phi) is 5.24. The van der Waals surface area contributed by atoms with Gasteiger partial charge in [0, 0.05) is 20.1 Å². The van der Waals surface area contributed by atoms with Crippen LogP contribution < -0.4 is 10.6 Å². The number of carbonyl (C=O) groups excluding carboxylic acids is 2. The average molecular weight is 295 g/mol. The van der Waals surface area contributed by atoms with E-state index < -0.39 is 6.03 Å². The first-order valence-corrected chi connectivity index (χ1v) is 6.69. The van der Waals surface area contributed by atoms with Crippen molar-refractivity contribution in [3.8, 4) is 0 Å². The normalized spacial score (nSPS) is 19.0. The summed E-state index contributed by atoms with van der Waals surface area (Å²) in [5.74, 6) is -0.695. The molecule has 1 fully saturated rings. The van der Waals surface area contributed by atoms with Crippen LogP contribution in [-0.2, 0) is 9.53 Å². The minimum absolute atomic E-state index is 0.0998. The number of benzene rings is 1. The third-order valence-corrected chi connectivity index (χ3v) is 3.22. The minimum atomic E-state index is -0.532. The van der Waals surface area contributed by atoms with E-state index in [1.54, 1.807) is 12.1 Å². The van der Waals surface area contributed by atoms with E-state index in [1.165, 1.54) is 19.2 Å². The Hall–Kier alpha value is -1.99. The van der Waals surface area contributed by atoms with Crippen LogP contribution in [0.1, 0.15) is 11.7 Å². The van der Waals surface area contributed by atoms with Crippen LogP contribution in [0.15, 0.2) is 24.3 Å². The zero-order chi connectivity index (χ0) is 15.2. The van der Waals surface area contributed by atoms with Crippen molar-refractivity contribution in [1.29, 1.82) is 0 Å². The molecule has 2 N–H and O–H groups in total. The number of carbonyl (C=O) groups is 2. The van der Waals surface area contributed by atoms with Gasteiger partial charge in [-0.05, 0) is 17.7 Å². The van der Waals surface area contributed by atoms with Crippen LogP contribution in [0, 0.1) is 5.82 Å². The van der Waals surface area contributed by atoms with Crippen molar-refractivity contribution < 1.29 is 18.7 Å². The highest BCUT2D eigenvalue weighted by Crippen LogP contribution is 2.22. The summed E-state index contributed by atoms with van der Waals surface area (Å²) in [5, 5.41) is 4.53. The number of urea groups is 1. The number of ether oxygens (including phenoxy) is 1. The number of halogens is 1. The lowest BCUT2D eigenvalue weighted by atomic mass is 10.1. The highest BCUT2D eigenvalue weighted by Gasteiger charge is 2.24. The van der Waals surface area contributed by atoms with Crippen LogP contribution in [-0.4, -0.2) is 50.1 Å². The molecule has 1 atom stereocenters. The van der Waals surface area contributed by atoms with Crippen molar-refractivity contribution in [2.75, 3.05) is 33.3 Å². The lowest BCUT2D eigenvalue weighted by molar-refractivity contribution is -0.123. The summed E-state index contributed by atoms with van der Waals surface area (Å²) >= 11 is 0. The topological polar surface area (TPSA) is 70.7 Å². The molecule has 1 unspecified atom stereocenters. The molecule has 0 radical (unpaired) electrons. The molecule has 2 rings (SSSR count). The van der Waals surface area contributed by atoms with E-state index in [4.69, 9.17) is 4.74 Å². The molecule has 0 aromatic heterocycles. The number of nitrogens with zero attached hydrogens (tertiary/aromatic N) is 1. The van der Waals surface area contributed by atoms with Gasteiger partial charge < -0.3 is 10.1 Å². The molecule has 1 aliphatic rings. The van der Waals surface area contributed by atoms with Crippen LogP contribution in [0.25, 0.3) is 0 Å². The van der Waals surface area contributed by atoms with Gasteiger partial charge in [0.25, 0.3) is 0 Å². The maximum absolute atomic E-state index is 13.2. The summed E-state index contributed by atoms with van der Waals surface area (Å²) in [6.07, 6.45) is -0.276. The zero-order valence-corrected chi connectivity index (χ0v) is 11.8. The number of imide groups is 1. The van der Waals surface area contributed by atoms with Crippen LogP contribution in [0.4, 0.5) is 9.18 Å². The van der Waals surface area contributed by atoms with Crippen LogP contribution in [0.3, 0.4) is 0 Å². The fourth-order valence-electron chi connectivity index (χ4n) is 2.19. The Morgan fingerprint density at radius 3 is 3.00 bits per heavy atom. The fraction of sp³-hybridized carbons (Fsp3) is 0.429. The predicted molar refractivity (Wildman–Crippen MR) is 74.1 cm³/mol. The van der Waals surface area contributed by atoms with Gasteiger partial charge in [0.05, 0.1) is 19.3 Å². The quantitative estimate of drug-likeness (QED) is 0.859. The molecule has 1 heterocycles. The Morgan fingerprint density at radius 1 is 1.48 bits per heavy atom. The van der Waals surface area contributed by atoms with E-state index in [2.05, 4.69) is 10.6 Å². The van der Waals surface area contributed by atoms with Crippen LogP contribution in [0.2, 0.25) is 0 Å². The van der Waals surface area contributed by atoms with E-state index in [-0.39, 0.29) is 24.4 Å². The minimum Gasteiger partial charge on any atom is -0.371 e. The number of hydrogen-bond acceptors (Lipinski definition) is 4. The predicted octanol–water partition coefficient (Wildman–Crippen LogP) is 0.655. The summed E-state index contributed by atoms with van der Waals surface area (Å²) < 4.78 is 18.8. The van der Waals surface area contributed by atoms with Gasteiger partial charge in [-0.15, -0.1) is 0 Å². The maximum Gasteiger partial charge on any atom is 0.321 e. The SMILES string of the molecule is CNC(=O)NC(=O)CN1CCOC(c2cccc(F)c2)C1. The molecule has 0 saturated carbocycles. The van der Waals surface area contributed by atoms with Crippen LogP contribution >= 0.6 is 0 Å². The van der Waals surface area contributed by atoms with Crippen molar-refractivity contribution in [3.05, 3.63) is 35.6 Å². The molecular weight excluding hydrogens is 277 g/mol. The van der Waals surface area contributed by atoms with Crippen LogP contribution in [0.5, 0.6) is 0 Å². The smallest absolute Gasteiger partial charge is 0.321 e. The van der Waals surface area contributed by atoms with Gasteiger partial charge in [-0.2, -0.15) is 0 Å². The Bertz CT molecular complexity index is 524. The van der Waals surface area contributed by atoms with E-state index in [9.17, 15) is 14.0 Å². The first kappa shape index (κ1) is 15.4. The average Bonchev–Trinajstić information content (AvgIpc) is 2.47. The van der Waals surface area contributed by atoms with Crippen molar-refractivity contribution in [2.45, 2.75) is 6.10 Å². The molecule has 1 aromatic rings. The summed E-state index contributed by atoms with van der Waals surface area (Å²) in [4.78, 5) is 24.6. The molecule has 0 spiro atoms. The van der Waals surface area contributed by atoms with Gasteiger partial charge in [0.1, 0.15) is 5.82 Å². The third kappa shape index (κ3) is 4.51. The van der Waals surface area contributed by atoms with Gasteiger partial charge in [-0.3, -0.25) is 15.0 Å². The summed E-state index contributed by atoms with van der Waals surface area (Å²) in [6.45, 7) is 1.62. The molecule has 3 amide bonds. The van der Waals surface area contributed by atoms with Crippen molar-refractivity contribution >= 4 is 11.9 Å². The number of hydrogen-bond donors (Lipinski definition) is 2. The standard InChI is InChI=1S/C14H18FN3O3/c1-16-14(20)17-13(19)9-18-5-6-21-12(8-18)10-3-2-4-11(15)7-10/h2-4,7,12H,5-6,8-9H2,1H3,(H2,16,17,19,20). The number of amides is 3. The maximum atomic E-state index is 13.2. The lowest BCUT2D eigenvalue weighted by Gasteiger charge is -2.32. The van der Waals surface area contributed by atoms with Gasteiger partial charge in [-0.25, -0.2) is 9.18 Å². The van der Waals surface area contributed by atoms with Crippen molar-refractivity contribution in [1.82, 2.24) is 15.5 Å². The van der Waals surface area contributed by atoms with Crippen molar-refractivity contribution in [3.63, 3.8) is 0 Å². The molecule has 7 heteroatoms. The molecule has 1 aliphatic heterocycles. The fourth-order valence-corrected chi connectivity index (χ4v) is 2.19. The second-order valence-corrected chi connectivity index (χ2v) is 4.78. The highest BCUT2D eigenvalue weighted by atomic mass is 19.1. The Morgan fingerprint density at radius 2 is 2.29 bits per heavy atom. The molecule has 114 valence electrons. The molecule has 0 aliphatic carbocycles. The number of rotatable bonds is 3. The Balaban J connectivity index is 1.92. The Labute approximate surface area is 122 Å². The van der Waals surface area contributed by atoms with E-state index in [1.807, 2.05) is 4.90 Å². The highest BCUT2D eigenvalue weighted by molar-refractivity contribution is 5.95. The molecular formula is C14H18FN3O3. The zero-order valence-electron chi connectivity index (χ0n) is 11.8. The lowest BCUT2D eigenvalue weighted by Crippen LogP contribution is -2.47. The summed E-state index contributed by atoms with van der Waals surface area (Å²) in [7, 11) is 1.44. The van der Waals surface area contributed by atoms with Gasteiger partial charge in [0.2, 0.25) is 5.91 Å². The van der Waals surface area contributed by atoms with Gasteiger partial charge >= 0.3 is 6.03 Å². The molecule has 6 nitrogen and oxygen atoms in total. The second-order valence-electron chi connectivity index (χ2n) is 4.78. The van der Waals surface area contributed by atoms with Crippen molar-refractivity contribution in [2.24, 2.45) is 0 Å². The summed E-state index contributed by atoms with van der Waals surface area (Å²) in [6, 6.07) is 5.70. The number of morpholine rings is 1. The summed E-state index contributed by atoms with van der Waals surface area (Å²) in [5.41, 5.74) is 0.742.